The van der Waals surface area contributed by atoms with Crippen LogP contribution in [0.25, 0.3) is 27.4 Å². The Balaban J connectivity index is 1.97. The molecule has 1 N–H and O–H groups in total. The molecule has 4 rings (SSSR count). The first-order chi connectivity index (χ1) is 10.1. The smallest absolute Gasteiger partial charge is 0.203 e. The highest BCUT2D eigenvalue weighted by molar-refractivity contribution is 6.31. The summed E-state index contributed by atoms with van der Waals surface area (Å²) in [6.45, 7) is 0. The van der Waals surface area contributed by atoms with Crippen LogP contribution in [0.4, 0.5) is 0 Å². The molecule has 0 radical (unpaired) electrons. The molecule has 0 bridgehead atoms. The van der Waals surface area contributed by atoms with Crippen LogP contribution in [0.3, 0.4) is 0 Å². The number of nitrogens with zero attached hydrogens (tertiary/aromatic N) is 2. The molecule has 2 aromatic carbocycles. The maximum absolute atomic E-state index is 10.4. The van der Waals surface area contributed by atoms with Crippen LogP contribution in [0.2, 0.25) is 5.02 Å². The zero-order valence-corrected chi connectivity index (χ0v) is 12.2. The molecule has 0 aliphatic heterocycles. The molecule has 0 spiro atoms. The zero-order valence-electron chi connectivity index (χ0n) is 11.4. The van der Waals surface area contributed by atoms with Crippen LogP contribution in [-0.4, -0.2) is 14.2 Å². The SMILES string of the molecule is Cn1ccc2cc(-n3cc4ccc(Cl)cc4c3O)ccc21. The van der Waals surface area contributed by atoms with Gasteiger partial charge in [-0.1, -0.05) is 17.7 Å². The van der Waals surface area contributed by atoms with Gasteiger partial charge in [0.15, 0.2) is 0 Å². The molecule has 4 aromatic rings. The van der Waals surface area contributed by atoms with Gasteiger partial charge in [-0.3, -0.25) is 4.57 Å². The number of hydrogen-bond donors (Lipinski definition) is 1. The number of aromatic nitrogens is 2. The number of hydrogen-bond acceptors (Lipinski definition) is 1. The van der Waals surface area contributed by atoms with Crippen molar-refractivity contribution in [1.82, 2.24) is 9.13 Å². The van der Waals surface area contributed by atoms with Gasteiger partial charge in [-0.2, -0.15) is 0 Å². The summed E-state index contributed by atoms with van der Waals surface area (Å²) in [7, 11) is 2.02. The third-order valence-corrected chi connectivity index (χ3v) is 4.13. The highest BCUT2D eigenvalue weighted by atomic mass is 35.5. The molecule has 0 unspecified atom stereocenters. The van der Waals surface area contributed by atoms with Crippen LogP contribution in [0.15, 0.2) is 54.9 Å². The maximum atomic E-state index is 10.4. The molecule has 104 valence electrons. The second-order valence-corrected chi connectivity index (χ2v) is 5.66. The number of halogens is 1. The highest BCUT2D eigenvalue weighted by Crippen LogP contribution is 2.32. The first-order valence-electron chi connectivity index (χ1n) is 6.68. The average Bonchev–Trinajstić information content (AvgIpc) is 3.01. The minimum Gasteiger partial charge on any atom is -0.494 e. The Morgan fingerprint density at radius 3 is 2.71 bits per heavy atom. The molecule has 0 aliphatic rings. The number of rotatable bonds is 1. The number of aromatic hydroxyl groups is 1. The molecule has 0 amide bonds. The average molecular weight is 297 g/mol. The Morgan fingerprint density at radius 2 is 1.86 bits per heavy atom. The molecule has 4 heteroatoms. The van der Waals surface area contributed by atoms with Crippen molar-refractivity contribution < 1.29 is 5.11 Å². The van der Waals surface area contributed by atoms with E-state index < -0.39 is 0 Å². The summed E-state index contributed by atoms with van der Waals surface area (Å²) in [5.41, 5.74) is 2.09. The molecular formula is C17H13ClN2O. The van der Waals surface area contributed by atoms with E-state index in [1.807, 2.05) is 37.6 Å². The van der Waals surface area contributed by atoms with Gasteiger partial charge in [-0.15, -0.1) is 0 Å². The minimum absolute atomic E-state index is 0.211. The molecule has 0 aliphatic carbocycles. The second kappa shape index (κ2) is 4.30. The highest BCUT2D eigenvalue weighted by Gasteiger charge is 2.11. The van der Waals surface area contributed by atoms with Crippen LogP contribution in [0.1, 0.15) is 0 Å². The predicted molar refractivity (Wildman–Crippen MR) is 86.4 cm³/mol. The van der Waals surface area contributed by atoms with Gasteiger partial charge in [0.05, 0.1) is 0 Å². The number of aryl methyl sites for hydroxylation is 1. The van der Waals surface area contributed by atoms with Crippen molar-refractivity contribution in [3.63, 3.8) is 0 Å². The van der Waals surface area contributed by atoms with Crippen LogP contribution in [-0.2, 0) is 7.05 Å². The molecular weight excluding hydrogens is 284 g/mol. The van der Waals surface area contributed by atoms with E-state index in [1.54, 1.807) is 10.6 Å². The monoisotopic (exact) mass is 296 g/mol. The van der Waals surface area contributed by atoms with Gasteiger partial charge >= 0.3 is 0 Å². The predicted octanol–water partition coefficient (Wildman–Crippen LogP) is 4.48. The molecule has 0 saturated heterocycles. The Morgan fingerprint density at radius 1 is 1.00 bits per heavy atom. The van der Waals surface area contributed by atoms with Crippen molar-refractivity contribution in [2.45, 2.75) is 0 Å². The fourth-order valence-electron chi connectivity index (χ4n) is 2.78. The van der Waals surface area contributed by atoms with E-state index in [9.17, 15) is 5.11 Å². The Hall–Kier alpha value is -2.39. The van der Waals surface area contributed by atoms with Crippen molar-refractivity contribution in [3.05, 3.63) is 59.9 Å². The molecule has 3 nitrogen and oxygen atoms in total. The van der Waals surface area contributed by atoms with E-state index in [0.29, 0.717) is 5.02 Å². The summed E-state index contributed by atoms with van der Waals surface area (Å²) in [6, 6.07) is 13.7. The van der Waals surface area contributed by atoms with E-state index in [-0.39, 0.29) is 5.88 Å². The number of benzene rings is 2. The lowest BCUT2D eigenvalue weighted by Crippen LogP contribution is -1.91. The fraction of sp³-hybridized carbons (Fsp3) is 0.0588. The topological polar surface area (TPSA) is 30.1 Å². The van der Waals surface area contributed by atoms with Gasteiger partial charge in [-0.05, 0) is 36.4 Å². The minimum atomic E-state index is 0.211. The maximum Gasteiger partial charge on any atom is 0.203 e. The number of fused-ring (bicyclic) bond motifs is 2. The van der Waals surface area contributed by atoms with Crippen molar-refractivity contribution in [2.24, 2.45) is 7.05 Å². The van der Waals surface area contributed by atoms with E-state index in [1.165, 1.54) is 0 Å². The lowest BCUT2D eigenvalue weighted by molar-refractivity contribution is 0.448. The Bertz CT molecular complexity index is 981. The van der Waals surface area contributed by atoms with E-state index in [2.05, 4.69) is 22.8 Å². The van der Waals surface area contributed by atoms with E-state index in [4.69, 9.17) is 11.6 Å². The summed E-state index contributed by atoms with van der Waals surface area (Å²) < 4.78 is 3.86. The molecule has 2 heterocycles. The Kier molecular flexibility index (Phi) is 2.53. The third-order valence-electron chi connectivity index (χ3n) is 3.90. The molecule has 0 atom stereocenters. The van der Waals surface area contributed by atoms with Crippen LogP contribution in [0.5, 0.6) is 5.88 Å². The zero-order chi connectivity index (χ0) is 14.6. The molecule has 0 saturated carbocycles. The van der Waals surface area contributed by atoms with Gasteiger partial charge in [0, 0.05) is 51.8 Å². The second-order valence-electron chi connectivity index (χ2n) is 5.22. The molecule has 0 fully saturated rings. The Labute approximate surface area is 126 Å². The van der Waals surface area contributed by atoms with Gasteiger partial charge in [0.2, 0.25) is 5.88 Å². The summed E-state index contributed by atoms with van der Waals surface area (Å²) in [5, 5.41) is 13.9. The fourth-order valence-corrected chi connectivity index (χ4v) is 2.95. The first kappa shape index (κ1) is 12.4. The van der Waals surface area contributed by atoms with Crippen molar-refractivity contribution in [1.29, 1.82) is 0 Å². The lowest BCUT2D eigenvalue weighted by Gasteiger charge is -2.05. The lowest BCUT2D eigenvalue weighted by atomic mass is 10.2. The summed E-state index contributed by atoms with van der Waals surface area (Å²) in [4.78, 5) is 0. The first-order valence-corrected chi connectivity index (χ1v) is 7.06. The van der Waals surface area contributed by atoms with E-state index >= 15 is 0 Å². The summed E-state index contributed by atoms with van der Waals surface area (Å²) in [5.74, 6) is 0.211. The third kappa shape index (κ3) is 1.82. The normalized spacial score (nSPS) is 11.5. The molecule has 2 aromatic heterocycles. The van der Waals surface area contributed by atoms with Gasteiger partial charge < -0.3 is 9.67 Å². The van der Waals surface area contributed by atoms with Crippen molar-refractivity contribution in [2.75, 3.05) is 0 Å². The van der Waals surface area contributed by atoms with Crippen molar-refractivity contribution in [3.8, 4) is 11.6 Å². The largest absolute Gasteiger partial charge is 0.494 e. The van der Waals surface area contributed by atoms with Crippen molar-refractivity contribution >= 4 is 33.3 Å². The standard InChI is InChI=1S/C17H13ClN2O/c1-19-7-6-11-8-14(4-5-16(11)19)20-10-12-2-3-13(18)9-15(12)17(20)21/h2-10,21H,1H3. The van der Waals surface area contributed by atoms with Gasteiger partial charge in [0.1, 0.15) is 0 Å². The van der Waals surface area contributed by atoms with Crippen LogP contribution in [0, 0.1) is 0 Å². The van der Waals surface area contributed by atoms with Crippen LogP contribution >= 0.6 is 11.6 Å². The molecule has 21 heavy (non-hydrogen) atoms. The summed E-state index contributed by atoms with van der Waals surface area (Å²) >= 11 is 6.00. The quantitative estimate of drug-likeness (QED) is 0.551. The van der Waals surface area contributed by atoms with Gasteiger partial charge in [-0.25, -0.2) is 0 Å². The van der Waals surface area contributed by atoms with E-state index in [0.717, 1.165) is 27.4 Å². The van der Waals surface area contributed by atoms with Gasteiger partial charge in [0.25, 0.3) is 0 Å². The summed E-state index contributed by atoms with van der Waals surface area (Å²) in [6.07, 6.45) is 3.95. The van der Waals surface area contributed by atoms with Crippen LogP contribution < -0.4 is 0 Å².